The molecule has 3 atom stereocenters. The fourth-order valence-corrected chi connectivity index (χ4v) is 4.24. The third-order valence-corrected chi connectivity index (χ3v) is 6.25. The molecule has 184 valence electrons. The Morgan fingerprint density at radius 2 is 1.61 bits per heavy atom. The molecule has 8 heteroatoms. The number of fused-ring (bicyclic) bond motifs is 1. The number of carbonyl (C=O) groups is 2. The molecule has 1 saturated heterocycles. The lowest BCUT2D eigenvalue weighted by Gasteiger charge is -2.19. The molecule has 7 nitrogen and oxygen atoms in total. The molecular weight excluding hydrogens is 463 g/mol. The molecule has 1 aliphatic heterocycles. The topological polar surface area (TPSA) is 79.7 Å². The van der Waals surface area contributed by atoms with E-state index >= 15 is 0 Å². The number of hydrogen-bond acceptors (Lipinski definition) is 6. The van der Waals surface area contributed by atoms with Gasteiger partial charge in [0.15, 0.2) is 0 Å². The SMILES string of the molecule is Cc1ccc(C(=O)OC[C@H]2O[C@@H](n3cnc4cccc(F)c43)C[C@@H]2OC(=O)c2ccc(C)cc2)cc1. The molecule has 36 heavy (non-hydrogen) atoms. The second-order valence-corrected chi connectivity index (χ2v) is 8.90. The van der Waals surface area contributed by atoms with Crippen molar-refractivity contribution in [3.8, 4) is 0 Å². The van der Waals surface area contributed by atoms with Gasteiger partial charge in [0.25, 0.3) is 0 Å². The molecule has 0 N–H and O–H groups in total. The second kappa shape index (κ2) is 9.91. The third kappa shape index (κ3) is 4.85. The summed E-state index contributed by atoms with van der Waals surface area (Å²) in [5, 5.41) is 0. The Hall–Kier alpha value is -4.04. The summed E-state index contributed by atoms with van der Waals surface area (Å²) in [7, 11) is 0. The monoisotopic (exact) mass is 488 g/mol. The Labute approximate surface area is 207 Å². The van der Waals surface area contributed by atoms with Crippen LogP contribution in [0, 0.1) is 19.7 Å². The van der Waals surface area contributed by atoms with E-state index in [0.717, 1.165) is 11.1 Å². The molecule has 1 aromatic heterocycles. The van der Waals surface area contributed by atoms with Crippen LogP contribution in [0.5, 0.6) is 0 Å². The normalized spacial score (nSPS) is 19.4. The van der Waals surface area contributed by atoms with Gasteiger partial charge in [-0.3, -0.25) is 0 Å². The smallest absolute Gasteiger partial charge is 0.338 e. The summed E-state index contributed by atoms with van der Waals surface area (Å²) in [6.07, 6.45) is -0.394. The number of imidazole rings is 1. The summed E-state index contributed by atoms with van der Waals surface area (Å²) in [5.41, 5.74) is 3.64. The highest BCUT2D eigenvalue weighted by Crippen LogP contribution is 2.34. The first kappa shape index (κ1) is 23.7. The summed E-state index contributed by atoms with van der Waals surface area (Å²) in [6.45, 7) is 3.72. The molecule has 5 rings (SSSR count). The second-order valence-electron chi connectivity index (χ2n) is 8.90. The lowest BCUT2D eigenvalue weighted by Crippen LogP contribution is -2.32. The van der Waals surface area contributed by atoms with Gasteiger partial charge in [0.2, 0.25) is 0 Å². The summed E-state index contributed by atoms with van der Waals surface area (Å²) in [4.78, 5) is 29.7. The minimum atomic E-state index is -0.747. The Bertz CT molecular complexity index is 1400. The summed E-state index contributed by atoms with van der Waals surface area (Å²) in [6, 6.07) is 18.7. The van der Waals surface area contributed by atoms with E-state index in [1.807, 2.05) is 38.1 Å². The highest BCUT2D eigenvalue weighted by molar-refractivity contribution is 5.90. The van der Waals surface area contributed by atoms with Crippen molar-refractivity contribution in [2.24, 2.45) is 0 Å². The van der Waals surface area contributed by atoms with Crippen LogP contribution in [-0.2, 0) is 14.2 Å². The van der Waals surface area contributed by atoms with Crippen LogP contribution >= 0.6 is 0 Å². The molecular formula is C28H25FN2O5. The van der Waals surface area contributed by atoms with Crippen LogP contribution in [0.4, 0.5) is 4.39 Å². The van der Waals surface area contributed by atoms with E-state index in [4.69, 9.17) is 14.2 Å². The van der Waals surface area contributed by atoms with Gasteiger partial charge in [0.1, 0.15) is 36.4 Å². The maximum absolute atomic E-state index is 14.6. The molecule has 0 aliphatic carbocycles. The zero-order valence-corrected chi connectivity index (χ0v) is 19.9. The van der Waals surface area contributed by atoms with Gasteiger partial charge in [0, 0.05) is 6.42 Å². The largest absolute Gasteiger partial charge is 0.459 e. The van der Waals surface area contributed by atoms with E-state index < -0.39 is 36.2 Å². The van der Waals surface area contributed by atoms with Crippen LogP contribution in [0.25, 0.3) is 11.0 Å². The van der Waals surface area contributed by atoms with E-state index in [0.29, 0.717) is 22.2 Å². The molecule has 1 aliphatic rings. The molecule has 0 amide bonds. The van der Waals surface area contributed by atoms with Crippen molar-refractivity contribution in [3.63, 3.8) is 0 Å². The number of aryl methyl sites for hydroxylation is 2. The van der Waals surface area contributed by atoms with Crippen LogP contribution < -0.4 is 0 Å². The number of ether oxygens (including phenoxy) is 3. The Morgan fingerprint density at radius 1 is 0.972 bits per heavy atom. The Kier molecular flexibility index (Phi) is 6.52. The van der Waals surface area contributed by atoms with Gasteiger partial charge in [-0.15, -0.1) is 0 Å². The van der Waals surface area contributed by atoms with Crippen molar-refractivity contribution in [2.45, 2.75) is 38.7 Å². The van der Waals surface area contributed by atoms with Gasteiger partial charge in [-0.2, -0.15) is 0 Å². The number of halogens is 1. The number of esters is 2. The van der Waals surface area contributed by atoms with Crippen molar-refractivity contribution in [3.05, 3.63) is 101 Å². The molecule has 0 saturated carbocycles. The highest BCUT2D eigenvalue weighted by Gasteiger charge is 2.40. The highest BCUT2D eigenvalue weighted by atomic mass is 19.1. The lowest BCUT2D eigenvalue weighted by atomic mass is 10.1. The van der Waals surface area contributed by atoms with E-state index in [1.165, 1.54) is 12.4 Å². The Balaban J connectivity index is 1.36. The first-order valence-corrected chi connectivity index (χ1v) is 11.7. The number of nitrogens with zero attached hydrogens (tertiary/aromatic N) is 2. The maximum atomic E-state index is 14.6. The van der Waals surface area contributed by atoms with E-state index in [-0.39, 0.29) is 13.0 Å². The fraction of sp³-hybridized carbons (Fsp3) is 0.250. The number of hydrogen-bond donors (Lipinski definition) is 0. The number of aromatic nitrogens is 2. The van der Waals surface area contributed by atoms with Crippen molar-refractivity contribution < 1.29 is 28.2 Å². The molecule has 1 fully saturated rings. The third-order valence-electron chi connectivity index (χ3n) is 6.25. The molecule has 0 radical (unpaired) electrons. The van der Waals surface area contributed by atoms with Crippen LogP contribution in [0.1, 0.15) is 44.5 Å². The molecule has 2 heterocycles. The van der Waals surface area contributed by atoms with E-state index in [1.54, 1.807) is 41.0 Å². The van der Waals surface area contributed by atoms with Gasteiger partial charge in [-0.25, -0.2) is 19.0 Å². The summed E-state index contributed by atoms with van der Waals surface area (Å²) >= 11 is 0. The average Bonchev–Trinajstić information content (AvgIpc) is 3.48. The van der Waals surface area contributed by atoms with Crippen LogP contribution in [0.3, 0.4) is 0 Å². The fourth-order valence-electron chi connectivity index (χ4n) is 4.24. The lowest BCUT2D eigenvalue weighted by molar-refractivity contribution is -0.0563. The van der Waals surface area contributed by atoms with Crippen molar-refractivity contribution >= 4 is 23.0 Å². The average molecular weight is 489 g/mol. The minimum Gasteiger partial charge on any atom is -0.459 e. The predicted octanol–water partition coefficient (Wildman–Crippen LogP) is 5.16. The number of carbonyl (C=O) groups excluding carboxylic acids is 2. The molecule has 0 unspecified atom stereocenters. The number of benzene rings is 3. The van der Waals surface area contributed by atoms with E-state index in [2.05, 4.69) is 4.98 Å². The zero-order chi connectivity index (χ0) is 25.2. The first-order chi connectivity index (χ1) is 17.4. The van der Waals surface area contributed by atoms with Crippen molar-refractivity contribution in [2.75, 3.05) is 6.61 Å². The Morgan fingerprint density at radius 3 is 2.28 bits per heavy atom. The van der Waals surface area contributed by atoms with Crippen LogP contribution in [0.2, 0.25) is 0 Å². The summed E-state index contributed by atoms with van der Waals surface area (Å²) in [5.74, 6) is -1.46. The minimum absolute atomic E-state index is 0.135. The van der Waals surface area contributed by atoms with Crippen molar-refractivity contribution in [1.82, 2.24) is 9.55 Å². The quantitative estimate of drug-likeness (QED) is 0.349. The first-order valence-electron chi connectivity index (χ1n) is 11.7. The number of para-hydroxylation sites is 1. The van der Waals surface area contributed by atoms with Crippen LogP contribution in [0.15, 0.2) is 73.1 Å². The van der Waals surface area contributed by atoms with Crippen LogP contribution in [-0.4, -0.2) is 40.3 Å². The van der Waals surface area contributed by atoms with Gasteiger partial charge >= 0.3 is 11.9 Å². The molecule has 3 aromatic carbocycles. The maximum Gasteiger partial charge on any atom is 0.338 e. The number of rotatable bonds is 6. The summed E-state index contributed by atoms with van der Waals surface area (Å²) < 4.78 is 33.6. The predicted molar refractivity (Wildman–Crippen MR) is 130 cm³/mol. The van der Waals surface area contributed by atoms with Crippen molar-refractivity contribution in [1.29, 1.82) is 0 Å². The van der Waals surface area contributed by atoms with Gasteiger partial charge in [-0.05, 0) is 50.2 Å². The standard InChI is InChI=1S/C28H25FN2O5/c1-17-6-10-19(11-7-17)27(32)34-15-24-23(36-28(33)20-12-8-18(2)9-13-20)14-25(35-24)31-16-30-22-5-3-4-21(29)26(22)31/h3-13,16,23-25H,14-15H2,1-2H3/t23-,24+,25+/m0/s1. The van der Waals surface area contributed by atoms with Gasteiger partial charge in [-0.1, -0.05) is 41.5 Å². The molecule has 0 spiro atoms. The molecule has 4 aromatic rings. The van der Waals surface area contributed by atoms with E-state index in [9.17, 15) is 14.0 Å². The molecule has 0 bridgehead atoms. The zero-order valence-electron chi connectivity index (χ0n) is 19.9. The van der Waals surface area contributed by atoms with Gasteiger partial charge in [0.05, 0.1) is 23.0 Å². The van der Waals surface area contributed by atoms with Gasteiger partial charge < -0.3 is 18.8 Å².